The molecule has 86 valence electrons. The summed E-state index contributed by atoms with van der Waals surface area (Å²) in [5, 5.41) is 3.24. The topological polar surface area (TPSA) is 50.4 Å². The van der Waals surface area contributed by atoms with E-state index in [0.717, 1.165) is 0 Å². The molecule has 1 unspecified atom stereocenters. The molecular weight excluding hydrogens is 198 g/mol. The maximum Gasteiger partial charge on any atom is 0.189 e. The minimum atomic E-state index is 0.212. The van der Waals surface area contributed by atoms with Crippen LogP contribution in [0.25, 0.3) is 0 Å². The molecule has 16 heavy (non-hydrogen) atoms. The number of nitrogens with two attached hydrogens (primary N) is 1. The summed E-state index contributed by atoms with van der Waals surface area (Å²) in [5.41, 5.74) is 8.40. The minimum Gasteiger partial charge on any atom is -0.370 e. The smallest absolute Gasteiger partial charge is 0.189 e. The number of rotatable bonds is 3. The minimum absolute atomic E-state index is 0.212. The summed E-state index contributed by atoms with van der Waals surface area (Å²) in [7, 11) is 0. The normalized spacial score (nSPS) is 18.2. The maximum absolute atomic E-state index is 5.84. The summed E-state index contributed by atoms with van der Waals surface area (Å²) in [6, 6.07) is 9.02. The Bertz CT molecular complexity index is 394. The number of nitrogens with one attached hydrogen (secondary N) is 1. The van der Waals surface area contributed by atoms with E-state index in [4.69, 9.17) is 5.73 Å². The van der Waals surface area contributed by atoms with Crippen LogP contribution in [0.2, 0.25) is 0 Å². The van der Waals surface area contributed by atoms with E-state index in [1.165, 1.54) is 24.0 Å². The molecule has 0 radical (unpaired) electrons. The molecule has 0 bridgehead atoms. The van der Waals surface area contributed by atoms with Crippen molar-refractivity contribution in [2.75, 3.05) is 0 Å². The van der Waals surface area contributed by atoms with E-state index in [1.54, 1.807) is 0 Å². The molecule has 3 heteroatoms. The van der Waals surface area contributed by atoms with Gasteiger partial charge in [0.05, 0.1) is 12.1 Å². The van der Waals surface area contributed by atoms with Gasteiger partial charge in [-0.25, -0.2) is 0 Å². The molecule has 1 aliphatic rings. The van der Waals surface area contributed by atoms with Gasteiger partial charge in [-0.05, 0) is 37.8 Å². The molecule has 1 aromatic rings. The zero-order chi connectivity index (χ0) is 11.5. The highest BCUT2D eigenvalue weighted by atomic mass is 15.1. The van der Waals surface area contributed by atoms with Crippen LogP contribution < -0.4 is 11.1 Å². The number of nitrogens with zero attached hydrogens (tertiary/aromatic N) is 1. The zero-order valence-electron chi connectivity index (χ0n) is 9.90. The van der Waals surface area contributed by atoms with Crippen LogP contribution in [0.3, 0.4) is 0 Å². The number of aryl methyl sites for hydroxylation is 1. The molecule has 2 rings (SSSR count). The largest absolute Gasteiger partial charge is 0.370 e. The van der Waals surface area contributed by atoms with Crippen molar-refractivity contribution in [2.24, 2.45) is 10.7 Å². The predicted molar refractivity (Wildman–Crippen MR) is 67.4 cm³/mol. The Kier molecular flexibility index (Phi) is 3.13. The molecule has 1 aromatic carbocycles. The fourth-order valence-corrected chi connectivity index (χ4v) is 1.81. The van der Waals surface area contributed by atoms with E-state index >= 15 is 0 Å². The molecule has 0 spiro atoms. The van der Waals surface area contributed by atoms with Crippen molar-refractivity contribution in [2.45, 2.75) is 38.8 Å². The van der Waals surface area contributed by atoms with Crippen LogP contribution in [0, 0.1) is 6.92 Å². The first-order valence-corrected chi connectivity index (χ1v) is 5.82. The lowest BCUT2D eigenvalue weighted by atomic mass is 10.0. The predicted octanol–water partition coefficient (Wildman–Crippen LogP) is 2.12. The number of benzene rings is 1. The zero-order valence-corrected chi connectivity index (χ0v) is 9.90. The van der Waals surface area contributed by atoms with Crippen LogP contribution in [-0.2, 0) is 0 Å². The molecule has 1 atom stereocenters. The molecule has 1 fully saturated rings. The van der Waals surface area contributed by atoms with Gasteiger partial charge in [0.2, 0.25) is 0 Å². The first-order chi connectivity index (χ1) is 7.66. The van der Waals surface area contributed by atoms with Crippen molar-refractivity contribution >= 4 is 5.96 Å². The number of hydrogen-bond donors (Lipinski definition) is 2. The van der Waals surface area contributed by atoms with Gasteiger partial charge in [-0.3, -0.25) is 4.99 Å². The average Bonchev–Trinajstić information content (AvgIpc) is 3.01. The van der Waals surface area contributed by atoms with Gasteiger partial charge in [-0.2, -0.15) is 0 Å². The van der Waals surface area contributed by atoms with E-state index in [2.05, 4.69) is 42.4 Å². The Labute approximate surface area is 96.8 Å². The second-order valence-corrected chi connectivity index (χ2v) is 4.47. The van der Waals surface area contributed by atoms with E-state index in [0.29, 0.717) is 12.0 Å². The van der Waals surface area contributed by atoms with E-state index in [9.17, 15) is 0 Å². The molecule has 1 aliphatic carbocycles. The van der Waals surface area contributed by atoms with Gasteiger partial charge in [0, 0.05) is 0 Å². The molecule has 3 nitrogen and oxygen atoms in total. The van der Waals surface area contributed by atoms with Crippen molar-refractivity contribution in [3.05, 3.63) is 35.4 Å². The van der Waals surface area contributed by atoms with Gasteiger partial charge in [-0.15, -0.1) is 0 Å². The van der Waals surface area contributed by atoms with Crippen molar-refractivity contribution in [1.29, 1.82) is 0 Å². The van der Waals surface area contributed by atoms with Crippen LogP contribution in [0.5, 0.6) is 0 Å². The number of guanidine groups is 1. The Balaban J connectivity index is 2.02. The lowest BCUT2D eigenvalue weighted by molar-refractivity contribution is 0.702. The summed E-state index contributed by atoms with van der Waals surface area (Å²) in [6.07, 6.45) is 2.36. The lowest BCUT2D eigenvalue weighted by Gasteiger charge is -2.16. The van der Waals surface area contributed by atoms with Crippen LogP contribution in [0.1, 0.15) is 36.9 Å². The lowest BCUT2D eigenvalue weighted by Crippen LogP contribution is -2.34. The number of aliphatic imine (C=N–C) groups is 1. The molecule has 1 saturated carbocycles. The molecule has 3 N–H and O–H groups in total. The molecule has 0 heterocycles. The van der Waals surface area contributed by atoms with Crippen molar-refractivity contribution < 1.29 is 0 Å². The Morgan fingerprint density at radius 3 is 2.75 bits per heavy atom. The third kappa shape index (κ3) is 2.75. The van der Waals surface area contributed by atoms with Crippen LogP contribution >= 0.6 is 0 Å². The van der Waals surface area contributed by atoms with E-state index in [1.807, 2.05) is 6.07 Å². The molecular formula is C13H19N3. The average molecular weight is 217 g/mol. The standard InChI is InChI=1S/C13H19N3/c1-9-5-3-4-6-12(9)10(2)15-13(14)16-11-7-8-11/h3-6,10-11H,7-8H2,1-2H3,(H3,14,15,16). The fourth-order valence-electron chi connectivity index (χ4n) is 1.81. The highest BCUT2D eigenvalue weighted by molar-refractivity contribution is 5.78. The Hall–Kier alpha value is -1.51. The van der Waals surface area contributed by atoms with Crippen LogP contribution in [0.4, 0.5) is 0 Å². The maximum atomic E-state index is 5.84. The van der Waals surface area contributed by atoms with Gasteiger partial charge >= 0.3 is 0 Å². The number of hydrogen-bond acceptors (Lipinski definition) is 1. The van der Waals surface area contributed by atoms with E-state index in [-0.39, 0.29) is 6.04 Å². The van der Waals surface area contributed by atoms with Crippen molar-refractivity contribution in [1.82, 2.24) is 5.32 Å². The summed E-state index contributed by atoms with van der Waals surface area (Å²) in [5.74, 6) is 0.568. The third-order valence-electron chi connectivity index (χ3n) is 2.89. The molecule has 0 amide bonds. The molecule has 0 aliphatic heterocycles. The van der Waals surface area contributed by atoms with Gasteiger partial charge in [0.15, 0.2) is 5.96 Å². The molecule has 0 aromatic heterocycles. The molecule has 0 saturated heterocycles. The summed E-state index contributed by atoms with van der Waals surface area (Å²) >= 11 is 0. The second-order valence-electron chi connectivity index (χ2n) is 4.47. The monoisotopic (exact) mass is 217 g/mol. The van der Waals surface area contributed by atoms with Crippen LogP contribution in [0.15, 0.2) is 29.3 Å². The summed E-state index contributed by atoms with van der Waals surface area (Å²) in [4.78, 5) is 4.37. The van der Waals surface area contributed by atoms with Gasteiger partial charge in [0.25, 0.3) is 0 Å². The SMILES string of the molecule is Cc1ccccc1C(C)NC(N)=NC1CC1. The quantitative estimate of drug-likeness (QED) is 0.602. The highest BCUT2D eigenvalue weighted by Crippen LogP contribution is 2.23. The third-order valence-corrected chi connectivity index (χ3v) is 2.89. The first kappa shape index (κ1) is 11.0. The van der Waals surface area contributed by atoms with Gasteiger partial charge in [0.1, 0.15) is 0 Å². The second kappa shape index (κ2) is 4.56. The van der Waals surface area contributed by atoms with Gasteiger partial charge < -0.3 is 11.1 Å². The first-order valence-electron chi connectivity index (χ1n) is 5.82. The van der Waals surface area contributed by atoms with Crippen molar-refractivity contribution in [3.8, 4) is 0 Å². The van der Waals surface area contributed by atoms with Gasteiger partial charge in [-0.1, -0.05) is 24.3 Å². The highest BCUT2D eigenvalue weighted by Gasteiger charge is 2.20. The summed E-state index contributed by atoms with van der Waals surface area (Å²) in [6.45, 7) is 4.22. The summed E-state index contributed by atoms with van der Waals surface area (Å²) < 4.78 is 0. The Morgan fingerprint density at radius 1 is 1.44 bits per heavy atom. The van der Waals surface area contributed by atoms with E-state index < -0.39 is 0 Å². The Morgan fingerprint density at radius 2 is 2.12 bits per heavy atom. The van der Waals surface area contributed by atoms with Crippen molar-refractivity contribution in [3.63, 3.8) is 0 Å². The van der Waals surface area contributed by atoms with Crippen LogP contribution in [-0.4, -0.2) is 12.0 Å². The fraction of sp³-hybridized carbons (Fsp3) is 0.462.